The Labute approximate surface area is 120 Å². The minimum Gasteiger partial charge on any atom is -0.478 e. The molecular formula is C14H14N4O3. The average Bonchev–Trinajstić information content (AvgIpc) is 3.00. The molecule has 1 aromatic carbocycles. The van der Waals surface area contributed by atoms with Gasteiger partial charge in [-0.25, -0.2) is 4.79 Å². The summed E-state index contributed by atoms with van der Waals surface area (Å²) in [6.45, 7) is 1.95. The van der Waals surface area contributed by atoms with Gasteiger partial charge in [0.05, 0.1) is 6.20 Å². The summed E-state index contributed by atoms with van der Waals surface area (Å²) in [4.78, 5) is 22.4. The lowest BCUT2D eigenvalue weighted by Crippen LogP contribution is -2.13. The van der Waals surface area contributed by atoms with Gasteiger partial charge in [-0.2, -0.15) is 15.4 Å². The normalized spacial score (nSPS) is 10.7. The van der Waals surface area contributed by atoms with E-state index < -0.39 is 5.97 Å². The molecule has 2 rings (SSSR count). The van der Waals surface area contributed by atoms with Crippen LogP contribution in [0.2, 0.25) is 0 Å². The van der Waals surface area contributed by atoms with E-state index in [4.69, 9.17) is 5.11 Å². The first-order valence-electron chi connectivity index (χ1n) is 6.31. The zero-order chi connectivity index (χ0) is 15.2. The molecule has 2 aromatic rings. The van der Waals surface area contributed by atoms with Crippen LogP contribution in [-0.2, 0) is 11.2 Å². The molecular weight excluding hydrogens is 272 g/mol. The molecule has 7 heteroatoms. The van der Waals surface area contributed by atoms with E-state index in [1.807, 2.05) is 13.0 Å². The Morgan fingerprint density at radius 3 is 2.86 bits per heavy atom. The topological polar surface area (TPSA) is 108 Å². The van der Waals surface area contributed by atoms with Crippen LogP contribution in [-0.4, -0.2) is 32.4 Å². The van der Waals surface area contributed by atoms with Crippen LogP contribution in [0.25, 0.3) is 6.08 Å². The molecule has 3 N–H and O–H groups in total. The third kappa shape index (κ3) is 3.75. The van der Waals surface area contributed by atoms with Crippen LogP contribution >= 0.6 is 0 Å². The van der Waals surface area contributed by atoms with Crippen molar-refractivity contribution < 1.29 is 14.7 Å². The Bertz CT molecular complexity index is 678. The monoisotopic (exact) mass is 286 g/mol. The van der Waals surface area contributed by atoms with Crippen LogP contribution < -0.4 is 5.32 Å². The maximum Gasteiger partial charge on any atom is 0.328 e. The standard InChI is InChI=1S/C14H14N4O3/c1-2-10-7-9(4-6-13(19)20)3-5-11(10)16-14(21)12-8-15-18-17-12/h3-8H,2H2,1H3,(H,16,21)(H,19,20)(H,15,17,18)/b6-4+. The summed E-state index contributed by atoms with van der Waals surface area (Å²) < 4.78 is 0. The van der Waals surface area contributed by atoms with Crippen molar-refractivity contribution in [3.63, 3.8) is 0 Å². The summed E-state index contributed by atoms with van der Waals surface area (Å²) in [5, 5.41) is 21.0. The van der Waals surface area contributed by atoms with Crippen molar-refractivity contribution in [2.45, 2.75) is 13.3 Å². The van der Waals surface area contributed by atoms with E-state index in [9.17, 15) is 9.59 Å². The van der Waals surface area contributed by atoms with Crippen LogP contribution in [0.4, 0.5) is 5.69 Å². The fourth-order valence-electron chi connectivity index (χ4n) is 1.80. The molecule has 7 nitrogen and oxygen atoms in total. The van der Waals surface area contributed by atoms with Gasteiger partial charge in [-0.05, 0) is 35.8 Å². The molecule has 108 valence electrons. The Kier molecular flexibility index (Phi) is 4.45. The van der Waals surface area contributed by atoms with Crippen molar-refractivity contribution in [1.82, 2.24) is 15.4 Å². The second kappa shape index (κ2) is 6.47. The zero-order valence-electron chi connectivity index (χ0n) is 11.3. The smallest absolute Gasteiger partial charge is 0.328 e. The van der Waals surface area contributed by atoms with Crippen LogP contribution in [0, 0.1) is 0 Å². The van der Waals surface area contributed by atoms with Crippen LogP contribution in [0.3, 0.4) is 0 Å². The minimum atomic E-state index is -1.00. The van der Waals surface area contributed by atoms with Gasteiger partial charge in [-0.1, -0.05) is 13.0 Å². The number of hydrogen-bond donors (Lipinski definition) is 3. The van der Waals surface area contributed by atoms with E-state index in [1.165, 1.54) is 12.3 Å². The summed E-state index contributed by atoms with van der Waals surface area (Å²) in [5.74, 6) is -1.36. The highest BCUT2D eigenvalue weighted by Crippen LogP contribution is 2.19. The number of anilines is 1. The lowest BCUT2D eigenvalue weighted by Gasteiger charge is -2.09. The number of benzene rings is 1. The minimum absolute atomic E-state index is 0.201. The molecule has 0 aliphatic carbocycles. The van der Waals surface area contributed by atoms with E-state index in [0.717, 1.165) is 17.2 Å². The number of carboxylic acids is 1. The van der Waals surface area contributed by atoms with E-state index in [1.54, 1.807) is 12.1 Å². The average molecular weight is 286 g/mol. The number of H-pyrrole nitrogens is 1. The number of aryl methyl sites for hydroxylation is 1. The molecule has 1 aromatic heterocycles. The molecule has 0 spiro atoms. The zero-order valence-corrected chi connectivity index (χ0v) is 11.3. The third-order valence-corrected chi connectivity index (χ3v) is 2.82. The number of aromatic amines is 1. The number of aliphatic carboxylic acids is 1. The van der Waals surface area contributed by atoms with Crippen molar-refractivity contribution >= 4 is 23.6 Å². The summed E-state index contributed by atoms with van der Waals surface area (Å²) >= 11 is 0. The largest absolute Gasteiger partial charge is 0.478 e. The van der Waals surface area contributed by atoms with Gasteiger partial charge in [0.1, 0.15) is 0 Å². The lowest BCUT2D eigenvalue weighted by atomic mass is 10.1. The number of carboxylic acid groups (broad SMARTS) is 1. The number of rotatable bonds is 5. The first-order chi connectivity index (χ1) is 10.1. The fraction of sp³-hybridized carbons (Fsp3) is 0.143. The molecule has 21 heavy (non-hydrogen) atoms. The molecule has 0 aliphatic rings. The first-order valence-corrected chi connectivity index (χ1v) is 6.31. The Hall–Kier alpha value is -2.96. The van der Waals surface area contributed by atoms with Gasteiger partial charge in [0.25, 0.3) is 5.91 Å². The van der Waals surface area contributed by atoms with Crippen LogP contribution in [0.15, 0.2) is 30.5 Å². The van der Waals surface area contributed by atoms with E-state index >= 15 is 0 Å². The molecule has 0 saturated heterocycles. The number of nitrogens with zero attached hydrogens (tertiary/aromatic N) is 2. The van der Waals surface area contributed by atoms with Crippen molar-refractivity contribution in [1.29, 1.82) is 0 Å². The molecule has 0 bridgehead atoms. The molecule has 0 aliphatic heterocycles. The SMILES string of the molecule is CCc1cc(/C=C/C(=O)O)ccc1NC(=O)c1cn[nH]n1. The second-order valence-electron chi connectivity index (χ2n) is 4.25. The second-order valence-corrected chi connectivity index (χ2v) is 4.25. The summed E-state index contributed by atoms with van der Waals surface area (Å²) in [7, 11) is 0. The third-order valence-electron chi connectivity index (χ3n) is 2.82. The van der Waals surface area contributed by atoms with Crippen LogP contribution in [0.1, 0.15) is 28.5 Å². The highest BCUT2D eigenvalue weighted by Gasteiger charge is 2.11. The van der Waals surface area contributed by atoms with Gasteiger partial charge in [-0.3, -0.25) is 4.79 Å². The molecule has 0 radical (unpaired) electrons. The Balaban J connectivity index is 2.20. The fourth-order valence-corrected chi connectivity index (χ4v) is 1.80. The van der Waals surface area contributed by atoms with Gasteiger partial charge in [-0.15, -0.1) is 0 Å². The number of carbonyl (C=O) groups is 2. The van der Waals surface area contributed by atoms with Crippen molar-refractivity contribution in [3.8, 4) is 0 Å². The number of nitrogens with one attached hydrogen (secondary N) is 2. The number of amides is 1. The molecule has 1 heterocycles. The highest BCUT2D eigenvalue weighted by molar-refractivity contribution is 6.03. The molecule has 1 amide bonds. The number of hydrogen-bond acceptors (Lipinski definition) is 4. The molecule has 0 atom stereocenters. The summed E-state index contributed by atoms with van der Waals surface area (Å²) in [6, 6.07) is 5.30. The van der Waals surface area contributed by atoms with Crippen molar-refractivity contribution in [2.75, 3.05) is 5.32 Å². The highest BCUT2D eigenvalue weighted by atomic mass is 16.4. The van der Waals surface area contributed by atoms with Gasteiger partial charge in [0.2, 0.25) is 0 Å². The number of aromatic nitrogens is 3. The molecule has 0 fully saturated rings. The lowest BCUT2D eigenvalue weighted by molar-refractivity contribution is -0.131. The Morgan fingerprint density at radius 2 is 2.24 bits per heavy atom. The van der Waals surface area contributed by atoms with Gasteiger partial charge < -0.3 is 10.4 Å². The van der Waals surface area contributed by atoms with Crippen molar-refractivity contribution in [2.24, 2.45) is 0 Å². The Morgan fingerprint density at radius 1 is 1.43 bits per heavy atom. The van der Waals surface area contributed by atoms with E-state index in [2.05, 4.69) is 20.7 Å². The maximum absolute atomic E-state index is 11.9. The van der Waals surface area contributed by atoms with E-state index in [-0.39, 0.29) is 11.6 Å². The van der Waals surface area contributed by atoms with Crippen molar-refractivity contribution in [3.05, 3.63) is 47.3 Å². The molecule has 0 saturated carbocycles. The molecule has 0 unspecified atom stereocenters. The summed E-state index contributed by atoms with van der Waals surface area (Å²) in [5.41, 5.74) is 2.53. The van der Waals surface area contributed by atoms with E-state index in [0.29, 0.717) is 12.1 Å². The van der Waals surface area contributed by atoms with Gasteiger partial charge in [0, 0.05) is 11.8 Å². The predicted molar refractivity (Wildman–Crippen MR) is 76.8 cm³/mol. The van der Waals surface area contributed by atoms with Crippen LogP contribution in [0.5, 0.6) is 0 Å². The van der Waals surface area contributed by atoms with Gasteiger partial charge >= 0.3 is 5.97 Å². The van der Waals surface area contributed by atoms with Gasteiger partial charge in [0.15, 0.2) is 5.69 Å². The summed E-state index contributed by atoms with van der Waals surface area (Å²) in [6.07, 6.45) is 4.61. The quantitative estimate of drug-likeness (QED) is 0.725. The number of carbonyl (C=O) groups excluding carboxylic acids is 1. The predicted octanol–water partition coefficient (Wildman–Crippen LogP) is 1.72. The maximum atomic E-state index is 11.9. The first kappa shape index (κ1) is 14.4.